The minimum absolute atomic E-state index is 0.0621. The number of aromatic amines is 2. The third-order valence-corrected chi connectivity index (χ3v) is 3.12. The Hall–Kier alpha value is -2.54. The molecule has 7 nitrogen and oxygen atoms in total. The van der Waals surface area contributed by atoms with Gasteiger partial charge in [-0.25, -0.2) is 4.79 Å². The zero-order valence-electron chi connectivity index (χ0n) is 11.9. The molecule has 116 valence electrons. The second kappa shape index (κ2) is 6.48. The van der Waals surface area contributed by atoms with Crippen LogP contribution >= 0.6 is 11.6 Å². The molecular formula is C14H14ClN3O4. The van der Waals surface area contributed by atoms with Crippen LogP contribution in [0.2, 0.25) is 5.02 Å². The number of halogens is 1. The molecule has 0 aliphatic rings. The van der Waals surface area contributed by atoms with Crippen molar-refractivity contribution in [2.45, 2.75) is 20.0 Å². The third kappa shape index (κ3) is 3.76. The summed E-state index contributed by atoms with van der Waals surface area (Å²) in [6.45, 7) is 3.35. The Kier molecular flexibility index (Phi) is 4.67. The molecule has 8 heteroatoms. The minimum Gasteiger partial charge on any atom is -0.481 e. The maximum atomic E-state index is 12.0. The number of nitrogens with one attached hydrogen (secondary N) is 3. The van der Waals surface area contributed by atoms with Crippen LogP contribution < -0.4 is 21.3 Å². The van der Waals surface area contributed by atoms with Crippen molar-refractivity contribution in [1.82, 2.24) is 9.97 Å². The Bertz CT molecular complexity index is 812. The Morgan fingerprint density at radius 2 is 2.09 bits per heavy atom. The molecule has 1 amide bonds. The molecule has 0 bridgehead atoms. The molecule has 3 N–H and O–H groups in total. The number of ether oxygens (including phenoxy) is 1. The van der Waals surface area contributed by atoms with Crippen molar-refractivity contribution in [3.8, 4) is 5.75 Å². The number of aromatic nitrogens is 2. The minimum atomic E-state index is -0.841. The molecule has 1 unspecified atom stereocenters. The van der Waals surface area contributed by atoms with E-state index in [1.807, 2.05) is 4.98 Å². The first-order valence-corrected chi connectivity index (χ1v) is 6.80. The molecule has 0 aliphatic carbocycles. The second-order valence-electron chi connectivity index (χ2n) is 4.64. The fourth-order valence-electron chi connectivity index (χ4n) is 1.73. The summed E-state index contributed by atoms with van der Waals surface area (Å²) in [5.41, 5.74) is -0.613. The van der Waals surface area contributed by atoms with E-state index < -0.39 is 23.3 Å². The van der Waals surface area contributed by atoms with E-state index in [-0.39, 0.29) is 5.69 Å². The zero-order valence-corrected chi connectivity index (χ0v) is 12.7. The van der Waals surface area contributed by atoms with Crippen LogP contribution in [0.3, 0.4) is 0 Å². The summed E-state index contributed by atoms with van der Waals surface area (Å²) in [5.74, 6) is -0.00525. The molecule has 2 rings (SSSR count). The number of hydrogen-bond donors (Lipinski definition) is 3. The number of amides is 1. The van der Waals surface area contributed by atoms with E-state index in [4.69, 9.17) is 16.3 Å². The molecule has 2 aromatic rings. The molecule has 1 aromatic heterocycles. The standard InChI is InChI=1S/C14H14ClN3O4/c1-7-5-9(15)3-4-11(7)22-8(2)12(19)17-10-6-16-14(21)18-13(10)20/h3-6,8H,1-2H3,(H,17,19)(H2,16,18,20,21). The van der Waals surface area contributed by atoms with E-state index >= 15 is 0 Å². The average molecular weight is 324 g/mol. The number of H-pyrrole nitrogens is 2. The Balaban J connectivity index is 2.09. The second-order valence-corrected chi connectivity index (χ2v) is 5.08. The summed E-state index contributed by atoms with van der Waals surface area (Å²) in [6.07, 6.45) is 0.283. The van der Waals surface area contributed by atoms with E-state index in [9.17, 15) is 14.4 Å². The molecule has 1 aromatic carbocycles. The summed E-state index contributed by atoms with van der Waals surface area (Å²) in [5, 5.41) is 2.96. The highest BCUT2D eigenvalue weighted by atomic mass is 35.5. The highest BCUT2D eigenvalue weighted by Crippen LogP contribution is 2.22. The smallest absolute Gasteiger partial charge is 0.325 e. The van der Waals surface area contributed by atoms with Crippen molar-refractivity contribution in [2.75, 3.05) is 5.32 Å². The van der Waals surface area contributed by atoms with Gasteiger partial charge in [-0.2, -0.15) is 0 Å². The Morgan fingerprint density at radius 3 is 2.73 bits per heavy atom. The number of rotatable bonds is 4. The van der Waals surface area contributed by atoms with E-state index in [0.717, 1.165) is 11.8 Å². The highest BCUT2D eigenvalue weighted by molar-refractivity contribution is 6.30. The molecule has 22 heavy (non-hydrogen) atoms. The third-order valence-electron chi connectivity index (χ3n) is 2.89. The summed E-state index contributed by atoms with van der Waals surface area (Å²) in [4.78, 5) is 38.7. The van der Waals surface area contributed by atoms with Gasteiger partial charge in [-0.15, -0.1) is 0 Å². The van der Waals surface area contributed by atoms with E-state index in [1.54, 1.807) is 32.0 Å². The Labute approximate surface area is 130 Å². The molecule has 0 radical (unpaired) electrons. The Morgan fingerprint density at radius 1 is 1.36 bits per heavy atom. The first kappa shape index (κ1) is 15.8. The van der Waals surface area contributed by atoms with Gasteiger partial charge in [0.25, 0.3) is 11.5 Å². The number of anilines is 1. The van der Waals surface area contributed by atoms with Crippen molar-refractivity contribution in [1.29, 1.82) is 0 Å². The molecule has 0 saturated heterocycles. The number of hydrogen-bond acceptors (Lipinski definition) is 4. The van der Waals surface area contributed by atoms with Gasteiger partial charge in [0, 0.05) is 11.2 Å². The highest BCUT2D eigenvalue weighted by Gasteiger charge is 2.17. The van der Waals surface area contributed by atoms with E-state index in [0.29, 0.717) is 10.8 Å². The van der Waals surface area contributed by atoms with E-state index in [1.165, 1.54) is 0 Å². The van der Waals surface area contributed by atoms with Crippen LogP contribution in [0.25, 0.3) is 0 Å². The molecule has 0 fully saturated rings. The lowest BCUT2D eigenvalue weighted by atomic mass is 10.2. The number of aryl methyl sites for hydroxylation is 1. The van der Waals surface area contributed by atoms with Gasteiger partial charge < -0.3 is 15.0 Å². The predicted molar refractivity (Wildman–Crippen MR) is 82.6 cm³/mol. The largest absolute Gasteiger partial charge is 0.481 e. The monoisotopic (exact) mass is 323 g/mol. The van der Waals surface area contributed by atoms with Gasteiger partial charge in [-0.05, 0) is 37.6 Å². The molecule has 1 atom stereocenters. The number of carbonyl (C=O) groups excluding carboxylic acids is 1. The van der Waals surface area contributed by atoms with Gasteiger partial charge in [0.2, 0.25) is 0 Å². The van der Waals surface area contributed by atoms with Crippen LogP contribution in [0, 0.1) is 6.92 Å². The summed E-state index contributed by atoms with van der Waals surface area (Å²) < 4.78 is 5.54. The first-order valence-electron chi connectivity index (χ1n) is 6.42. The number of carbonyl (C=O) groups is 1. The van der Waals surface area contributed by atoms with Gasteiger partial charge in [-0.1, -0.05) is 11.6 Å². The normalized spacial score (nSPS) is 11.8. The van der Waals surface area contributed by atoms with Crippen molar-refractivity contribution in [3.05, 3.63) is 55.8 Å². The van der Waals surface area contributed by atoms with Gasteiger partial charge in [0.1, 0.15) is 11.4 Å². The first-order chi connectivity index (χ1) is 10.4. The van der Waals surface area contributed by atoms with Crippen LogP contribution in [-0.4, -0.2) is 22.0 Å². The summed E-state index contributed by atoms with van der Waals surface area (Å²) in [7, 11) is 0. The molecule has 1 heterocycles. The quantitative estimate of drug-likeness (QED) is 0.791. The maximum Gasteiger partial charge on any atom is 0.325 e. The topological polar surface area (TPSA) is 104 Å². The van der Waals surface area contributed by atoms with E-state index in [2.05, 4.69) is 10.3 Å². The van der Waals surface area contributed by atoms with Crippen molar-refractivity contribution < 1.29 is 9.53 Å². The molecule has 0 spiro atoms. The summed E-state index contributed by atoms with van der Waals surface area (Å²) >= 11 is 5.85. The maximum absolute atomic E-state index is 12.0. The fraction of sp³-hybridized carbons (Fsp3) is 0.214. The van der Waals surface area contributed by atoms with Gasteiger partial charge in [0.15, 0.2) is 6.10 Å². The SMILES string of the molecule is Cc1cc(Cl)ccc1OC(C)C(=O)Nc1c[nH]c(=O)[nH]c1=O. The average Bonchev–Trinajstić information content (AvgIpc) is 2.44. The fourth-order valence-corrected chi connectivity index (χ4v) is 1.95. The predicted octanol–water partition coefficient (Wildman–Crippen LogP) is 1.43. The molecule has 0 aliphatic heterocycles. The lowest BCUT2D eigenvalue weighted by Gasteiger charge is -2.16. The van der Waals surface area contributed by atoms with Crippen LogP contribution in [-0.2, 0) is 4.79 Å². The van der Waals surface area contributed by atoms with Crippen LogP contribution in [0.1, 0.15) is 12.5 Å². The van der Waals surface area contributed by atoms with Crippen LogP contribution in [0.15, 0.2) is 34.0 Å². The molecule has 0 saturated carbocycles. The number of benzene rings is 1. The van der Waals surface area contributed by atoms with Gasteiger partial charge >= 0.3 is 5.69 Å². The van der Waals surface area contributed by atoms with Crippen molar-refractivity contribution in [2.24, 2.45) is 0 Å². The lowest BCUT2D eigenvalue weighted by molar-refractivity contribution is -0.122. The summed E-state index contributed by atoms with van der Waals surface area (Å²) in [6, 6.07) is 5.03. The van der Waals surface area contributed by atoms with Crippen LogP contribution in [0.4, 0.5) is 5.69 Å². The lowest BCUT2D eigenvalue weighted by Crippen LogP contribution is -2.34. The van der Waals surface area contributed by atoms with Gasteiger partial charge in [-0.3, -0.25) is 14.6 Å². The van der Waals surface area contributed by atoms with Crippen molar-refractivity contribution in [3.63, 3.8) is 0 Å². The van der Waals surface area contributed by atoms with Crippen molar-refractivity contribution >= 4 is 23.2 Å². The van der Waals surface area contributed by atoms with Crippen LogP contribution in [0.5, 0.6) is 5.75 Å². The zero-order chi connectivity index (χ0) is 16.3. The molecular weight excluding hydrogens is 310 g/mol. The van der Waals surface area contributed by atoms with Gasteiger partial charge in [0.05, 0.1) is 0 Å².